The Kier molecular flexibility index (Phi) is 4.51. The van der Waals surface area contributed by atoms with Crippen LogP contribution in [-0.4, -0.2) is 41.7 Å². The van der Waals surface area contributed by atoms with Gasteiger partial charge in [-0.15, -0.1) is 0 Å². The third-order valence-electron chi connectivity index (χ3n) is 4.74. The van der Waals surface area contributed by atoms with E-state index in [1.807, 2.05) is 22.8 Å². The van der Waals surface area contributed by atoms with Crippen molar-refractivity contribution in [2.75, 3.05) is 17.7 Å². The van der Waals surface area contributed by atoms with Crippen molar-refractivity contribution in [3.8, 4) is 17.1 Å². The number of halogens is 1. The van der Waals surface area contributed by atoms with Crippen LogP contribution in [0.4, 0.5) is 22.1 Å². The summed E-state index contributed by atoms with van der Waals surface area (Å²) >= 11 is 0. The molecular weight excluding hydrogens is 397 g/mol. The third-order valence-corrected chi connectivity index (χ3v) is 4.74. The van der Waals surface area contributed by atoms with Crippen molar-refractivity contribution in [1.82, 2.24) is 34.7 Å². The second-order valence-electron chi connectivity index (χ2n) is 6.83. The van der Waals surface area contributed by atoms with E-state index in [4.69, 9.17) is 4.98 Å². The third kappa shape index (κ3) is 3.54. The molecule has 2 aromatic carbocycles. The fourth-order valence-electron chi connectivity index (χ4n) is 3.31. The molecule has 0 aliphatic carbocycles. The summed E-state index contributed by atoms with van der Waals surface area (Å²) in [6.45, 7) is 1.80. The van der Waals surface area contributed by atoms with Crippen LogP contribution in [0.15, 0.2) is 54.7 Å². The van der Waals surface area contributed by atoms with E-state index in [0.717, 1.165) is 22.2 Å². The molecule has 5 rings (SSSR count). The first kappa shape index (κ1) is 18.7. The highest BCUT2D eigenvalue weighted by Crippen LogP contribution is 2.29. The van der Waals surface area contributed by atoms with Crippen LogP contribution in [0, 0.1) is 12.7 Å². The summed E-state index contributed by atoms with van der Waals surface area (Å²) in [6.07, 6.45) is 1.65. The van der Waals surface area contributed by atoms with Crippen LogP contribution in [0.3, 0.4) is 0 Å². The van der Waals surface area contributed by atoms with Crippen molar-refractivity contribution in [3.63, 3.8) is 0 Å². The second kappa shape index (κ2) is 7.48. The van der Waals surface area contributed by atoms with Crippen LogP contribution in [0.25, 0.3) is 28.1 Å². The van der Waals surface area contributed by atoms with Crippen molar-refractivity contribution in [2.45, 2.75) is 6.92 Å². The van der Waals surface area contributed by atoms with Gasteiger partial charge in [0, 0.05) is 13.1 Å². The van der Waals surface area contributed by atoms with Crippen LogP contribution >= 0.6 is 0 Å². The normalized spacial score (nSPS) is 11.1. The molecule has 0 saturated carbocycles. The first-order valence-electron chi connectivity index (χ1n) is 9.56. The minimum absolute atomic E-state index is 0.277. The number of hydrogen-bond donors (Lipinski definition) is 3. The second-order valence-corrected chi connectivity index (χ2v) is 6.83. The molecule has 0 aliphatic heterocycles. The van der Waals surface area contributed by atoms with Gasteiger partial charge in [-0.25, -0.2) is 13.9 Å². The molecule has 0 bridgehead atoms. The lowest BCUT2D eigenvalue weighted by Crippen LogP contribution is -2.10. The molecule has 0 aliphatic rings. The zero-order chi connectivity index (χ0) is 21.4. The van der Waals surface area contributed by atoms with Gasteiger partial charge in [-0.2, -0.15) is 20.1 Å². The molecule has 0 amide bonds. The van der Waals surface area contributed by atoms with Crippen molar-refractivity contribution >= 4 is 28.7 Å². The molecule has 3 heterocycles. The van der Waals surface area contributed by atoms with Crippen molar-refractivity contribution in [3.05, 3.63) is 66.4 Å². The number of anilines is 3. The number of aromatic amines is 1. The summed E-state index contributed by atoms with van der Waals surface area (Å²) in [5.41, 5.74) is 3.34. The van der Waals surface area contributed by atoms with E-state index in [0.29, 0.717) is 29.5 Å². The molecule has 3 N–H and O–H groups in total. The van der Waals surface area contributed by atoms with E-state index in [2.05, 4.69) is 35.8 Å². The molecule has 31 heavy (non-hydrogen) atoms. The van der Waals surface area contributed by atoms with Gasteiger partial charge in [-0.3, -0.25) is 5.10 Å². The summed E-state index contributed by atoms with van der Waals surface area (Å²) in [7, 11) is 1.75. The monoisotopic (exact) mass is 415 g/mol. The topological polar surface area (TPSA) is 109 Å². The number of nitrogens with zero attached hydrogens (tertiary/aromatic N) is 6. The van der Waals surface area contributed by atoms with Gasteiger partial charge in [0.2, 0.25) is 17.8 Å². The molecule has 3 aromatic heterocycles. The Labute approximate surface area is 176 Å². The minimum Gasteiger partial charge on any atom is -0.357 e. The van der Waals surface area contributed by atoms with Gasteiger partial charge in [-0.1, -0.05) is 18.2 Å². The summed E-state index contributed by atoms with van der Waals surface area (Å²) in [4.78, 5) is 18.0. The first-order valence-corrected chi connectivity index (χ1v) is 9.56. The zero-order valence-corrected chi connectivity index (χ0v) is 16.8. The number of aromatic nitrogens is 7. The number of benzene rings is 2. The molecule has 0 unspecified atom stereocenters. The molecule has 154 valence electrons. The number of aryl methyl sites for hydroxylation is 1. The molecule has 5 aromatic rings. The molecule has 9 nitrogen and oxygen atoms in total. The number of rotatable bonds is 5. The van der Waals surface area contributed by atoms with E-state index < -0.39 is 0 Å². The van der Waals surface area contributed by atoms with Crippen LogP contribution in [0.1, 0.15) is 5.82 Å². The van der Waals surface area contributed by atoms with E-state index in [1.165, 1.54) is 12.1 Å². The van der Waals surface area contributed by atoms with Crippen LogP contribution < -0.4 is 10.6 Å². The lowest BCUT2D eigenvalue weighted by atomic mass is 10.1. The summed E-state index contributed by atoms with van der Waals surface area (Å²) in [6, 6.07) is 14.0. The number of fused-ring (bicyclic) bond motifs is 1. The summed E-state index contributed by atoms with van der Waals surface area (Å²) in [5.74, 6) is 2.35. The average molecular weight is 415 g/mol. The Hall–Kier alpha value is -4.34. The van der Waals surface area contributed by atoms with Gasteiger partial charge in [-0.05, 0) is 42.3 Å². The van der Waals surface area contributed by atoms with Gasteiger partial charge >= 0.3 is 0 Å². The van der Waals surface area contributed by atoms with Crippen molar-refractivity contribution in [2.24, 2.45) is 0 Å². The van der Waals surface area contributed by atoms with Gasteiger partial charge in [0.25, 0.3) is 0 Å². The zero-order valence-electron chi connectivity index (χ0n) is 16.8. The molecule has 0 fully saturated rings. The molecule has 0 radical (unpaired) electrons. The van der Waals surface area contributed by atoms with Crippen molar-refractivity contribution < 1.29 is 4.39 Å². The van der Waals surface area contributed by atoms with Gasteiger partial charge in [0.1, 0.15) is 17.5 Å². The Morgan fingerprint density at radius 2 is 1.74 bits per heavy atom. The average Bonchev–Trinajstić information content (AvgIpc) is 3.41. The maximum Gasteiger partial charge on any atom is 0.242 e. The first-order chi connectivity index (χ1) is 15.1. The minimum atomic E-state index is -0.277. The van der Waals surface area contributed by atoms with Crippen LogP contribution in [0.5, 0.6) is 0 Å². The van der Waals surface area contributed by atoms with E-state index >= 15 is 0 Å². The maximum absolute atomic E-state index is 13.4. The number of nitrogens with one attached hydrogen (secondary N) is 3. The molecule has 0 atom stereocenters. The molecular formula is C21H18FN9. The molecule has 0 spiro atoms. The number of imidazole rings is 1. The quantitative estimate of drug-likeness (QED) is 0.400. The highest BCUT2D eigenvalue weighted by atomic mass is 19.1. The van der Waals surface area contributed by atoms with Crippen molar-refractivity contribution in [1.29, 1.82) is 0 Å². The van der Waals surface area contributed by atoms with Gasteiger partial charge in [0.05, 0.1) is 17.2 Å². The largest absolute Gasteiger partial charge is 0.357 e. The Morgan fingerprint density at radius 1 is 0.935 bits per heavy atom. The maximum atomic E-state index is 13.4. The SMILES string of the molecule is CNc1nc(C)nc(-n2c(Nc3ccn[nH]3)nc3ccc(-c4ccc(F)cc4)cc32)n1. The van der Waals surface area contributed by atoms with E-state index in [9.17, 15) is 4.39 Å². The van der Waals surface area contributed by atoms with Gasteiger partial charge < -0.3 is 10.6 Å². The fraction of sp³-hybridized carbons (Fsp3) is 0.0952. The number of H-pyrrole nitrogens is 1. The Morgan fingerprint density at radius 3 is 2.48 bits per heavy atom. The Bertz CT molecular complexity index is 1360. The highest BCUT2D eigenvalue weighted by Gasteiger charge is 2.17. The summed E-state index contributed by atoms with van der Waals surface area (Å²) < 4.78 is 15.2. The Balaban J connectivity index is 1.73. The highest BCUT2D eigenvalue weighted by molar-refractivity contribution is 5.86. The van der Waals surface area contributed by atoms with Gasteiger partial charge in [0.15, 0.2) is 0 Å². The van der Waals surface area contributed by atoms with E-state index in [-0.39, 0.29) is 5.82 Å². The fourth-order valence-corrected chi connectivity index (χ4v) is 3.31. The standard InChI is InChI=1S/C21H18FN9/c1-12-25-19(23-2)29-20(26-12)31-17-11-14(13-3-6-15(22)7-4-13)5-8-16(17)27-21(31)28-18-9-10-24-30-18/h3-11H,1-2H3,(H,23,25,26,29)(H2,24,27,28,30). The number of hydrogen-bond acceptors (Lipinski definition) is 7. The van der Waals surface area contributed by atoms with Crippen LogP contribution in [0.2, 0.25) is 0 Å². The predicted octanol–water partition coefficient (Wildman–Crippen LogP) is 3.83. The lowest BCUT2D eigenvalue weighted by Gasteiger charge is -2.10. The van der Waals surface area contributed by atoms with Crippen LogP contribution in [-0.2, 0) is 0 Å². The van der Waals surface area contributed by atoms with E-state index in [1.54, 1.807) is 38.4 Å². The predicted molar refractivity (Wildman–Crippen MR) is 116 cm³/mol. The smallest absolute Gasteiger partial charge is 0.242 e. The lowest BCUT2D eigenvalue weighted by molar-refractivity contribution is 0.628. The molecule has 0 saturated heterocycles. The summed E-state index contributed by atoms with van der Waals surface area (Å²) in [5, 5.41) is 13.0. The molecule has 10 heteroatoms.